The van der Waals surface area contributed by atoms with Gasteiger partial charge in [-0.2, -0.15) is 5.26 Å². The summed E-state index contributed by atoms with van der Waals surface area (Å²) in [7, 11) is 0. The highest BCUT2D eigenvalue weighted by Gasteiger charge is 2.37. The molecular formula is C33H31N3O3S. The summed E-state index contributed by atoms with van der Waals surface area (Å²) in [6, 6.07) is 25.7. The van der Waals surface area contributed by atoms with Gasteiger partial charge in [-0.05, 0) is 67.1 Å². The first-order valence-electron chi connectivity index (χ1n) is 13.4. The monoisotopic (exact) mass is 549 g/mol. The molecule has 5 rings (SSSR count). The summed E-state index contributed by atoms with van der Waals surface area (Å²) in [6.07, 6.45) is 1.96. The van der Waals surface area contributed by atoms with E-state index in [2.05, 4.69) is 16.7 Å². The van der Waals surface area contributed by atoms with Gasteiger partial charge in [-0.15, -0.1) is 0 Å². The number of hydrogen-bond donors (Lipinski definition) is 2. The van der Waals surface area contributed by atoms with Crippen molar-refractivity contribution in [2.75, 3.05) is 11.1 Å². The van der Waals surface area contributed by atoms with Crippen molar-refractivity contribution in [2.24, 2.45) is 0 Å². The van der Waals surface area contributed by atoms with Crippen LogP contribution in [0.2, 0.25) is 0 Å². The number of benzene rings is 3. The van der Waals surface area contributed by atoms with Gasteiger partial charge in [0.25, 0.3) is 0 Å². The molecule has 7 heteroatoms. The molecule has 1 heterocycles. The molecule has 0 spiro atoms. The minimum absolute atomic E-state index is 0.0626. The quantitative estimate of drug-likeness (QED) is 0.326. The number of Topliss-reactive ketones (excluding diaryl/α,β-unsaturated/α-hetero) is 1. The molecular weight excluding hydrogens is 518 g/mol. The number of anilines is 1. The topological polar surface area (TPSA) is 91.2 Å². The molecule has 0 radical (unpaired) electrons. The first-order valence-corrected chi connectivity index (χ1v) is 14.4. The van der Waals surface area contributed by atoms with Crippen LogP contribution in [-0.4, -0.2) is 17.4 Å². The van der Waals surface area contributed by atoms with Gasteiger partial charge in [0.15, 0.2) is 5.78 Å². The van der Waals surface area contributed by atoms with Crippen molar-refractivity contribution in [3.05, 3.63) is 117 Å². The second-order valence-corrected chi connectivity index (χ2v) is 11.0. The maximum absolute atomic E-state index is 13.1. The molecule has 3 aromatic carbocycles. The average Bonchev–Trinajstić information content (AvgIpc) is 2.97. The highest BCUT2D eigenvalue weighted by molar-refractivity contribution is 8.03. The number of ether oxygens (including phenoxy) is 1. The summed E-state index contributed by atoms with van der Waals surface area (Å²) < 4.78 is 5.95. The fourth-order valence-corrected chi connectivity index (χ4v) is 5.94. The number of allylic oxidation sites excluding steroid dienone is 3. The van der Waals surface area contributed by atoms with Gasteiger partial charge in [0.1, 0.15) is 12.4 Å². The van der Waals surface area contributed by atoms with Crippen molar-refractivity contribution < 1.29 is 14.3 Å². The molecule has 6 nitrogen and oxygen atoms in total. The van der Waals surface area contributed by atoms with Crippen LogP contribution < -0.4 is 15.4 Å². The van der Waals surface area contributed by atoms with E-state index >= 15 is 0 Å². The van der Waals surface area contributed by atoms with E-state index in [0.717, 1.165) is 46.5 Å². The Morgan fingerprint density at radius 3 is 2.58 bits per heavy atom. The molecule has 0 saturated heterocycles. The number of carbonyl (C=O) groups excluding carboxylic acids is 2. The van der Waals surface area contributed by atoms with Crippen LogP contribution in [0.1, 0.15) is 47.4 Å². The number of nitriles is 1. The summed E-state index contributed by atoms with van der Waals surface area (Å²) in [6.45, 7) is 4.44. The van der Waals surface area contributed by atoms with E-state index in [1.807, 2.05) is 86.6 Å². The number of aryl methyl sites for hydroxylation is 1. The van der Waals surface area contributed by atoms with Gasteiger partial charge < -0.3 is 15.4 Å². The van der Waals surface area contributed by atoms with Crippen LogP contribution in [0.25, 0.3) is 0 Å². The molecule has 0 saturated carbocycles. The van der Waals surface area contributed by atoms with Crippen LogP contribution in [0.15, 0.2) is 94.7 Å². The third kappa shape index (κ3) is 5.98. The molecule has 3 aromatic rings. The zero-order chi connectivity index (χ0) is 28.1. The smallest absolute Gasteiger partial charge is 0.234 e. The number of hydrogen-bond acceptors (Lipinski definition) is 6. The predicted octanol–water partition coefficient (Wildman–Crippen LogP) is 6.68. The largest absolute Gasteiger partial charge is 0.489 e. The highest BCUT2D eigenvalue weighted by atomic mass is 32.2. The summed E-state index contributed by atoms with van der Waals surface area (Å²) in [4.78, 5) is 26.0. The molecule has 1 atom stereocenters. The molecule has 0 bridgehead atoms. The fraction of sp³-hybridized carbons (Fsp3) is 0.242. The molecule has 1 aliphatic heterocycles. The Bertz CT molecular complexity index is 1540. The zero-order valence-corrected chi connectivity index (χ0v) is 23.4. The van der Waals surface area contributed by atoms with Gasteiger partial charge in [-0.3, -0.25) is 9.59 Å². The predicted molar refractivity (Wildman–Crippen MR) is 159 cm³/mol. The van der Waals surface area contributed by atoms with Crippen LogP contribution in [0.4, 0.5) is 5.69 Å². The lowest BCUT2D eigenvalue weighted by molar-refractivity contribution is -0.116. The molecule has 1 unspecified atom stereocenters. The van der Waals surface area contributed by atoms with Crippen molar-refractivity contribution in [1.29, 1.82) is 5.26 Å². The Hall–Kier alpha value is -4.28. The number of carbonyl (C=O) groups is 2. The maximum Gasteiger partial charge on any atom is 0.234 e. The van der Waals surface area contributed by atoms with E-state index < -0.39 is 5.92 Å². The van der Waals surface area contributed by atoms with Crippen molar-refractivity contribution in [3.8, 4) is 11.8 Å². The molecule has 1 amide bonds. The minimum atomic E-state index is -0.484. The third-order valence-electron chi connectivity index (χ3n) is 7.35. The molecule has 1 aliphatic carbocycles. The Morgan fingerprint density at radius 1 is 1.05 bits per heavy atom. The normalized spacial score (nSPS) is 16.6. The van der Waals surface area contributed by atoms with E-state index in [1.165, 1.54) is 11.8 Å². The Balaban J connectivity index is 1.37. The first kappa shape index (κ1) is 27.3. The number of nitrogens with one attached hydrogen (secondary N) is 2. The van der Waals surface area contributed by atoms with E-state index in [0.29, 0.717) is 35.0 Å². The van der Waals surface area contributed by atoms with Gasteiger partial charge in [0, 0.05) is 23.4 Å². The maximum atomic E-state index is 13.1. The SMILES string of the molecule is Cc1cccc(NC(=O)CSC2=C(C#N)C(c3ccc(OCc4ccccc4)cc3)C3=C(CCCC3=O)N2)c1C. The lowest BCUT2D eigenvalue weighted by Crippen LogP contribution is -2.31. The minimum Gasteiger partial charge on any atom is -0.489 e. The number of amides is 1. The van der Waals surface area contributed by atoms with E-state index in [9.17, 15) is 14.9 Å². The number of ketones is 1. The zero-order valence-electron chi connectivity index (χ0n) is 22.6. The summed E-state index contributed by atoms with van der Waals surface area (Å²) >= 11 is 1.30. The summed E-state index contributed by atoms with van der Waals surface area (Å²) in [5.74, 6) is 0.276. The van der Waals surface area contributed by atoms with Crippen molar-refractivity contribution in [3.63, 3.8) is 0 Å². The van der Waals surface area contributed by atoms with E-state index in [1.54, 1.807) is 0 Å². The second kappa shape index (κ2) is 12.3. The van der Waals surface area contributed by atoms with Crippen molar-refractivity contribution >= 4 is 29.1 Å². The molecule has 2 N–H and O–H groups in total. The molecule has 0 aromatic heterocycles. The average molecular weight is 550 g/mol. The number of thioether (sulfide) groups is 1. The van der Waals surface area contributed by atoms with Crippen LogP contribution in [0.3, 0.4) is 0 Å². The summed E-state index contributed by atoms with van der Waals surface area (Å²) in [5.41, 5.74) is 6.81. The molecule has 0 fully saturated rings. The second-order valence-electron chi connectivity index (χ2n) is 10.0. The molecule has 202 valence electrons. The van der Waals surface area contributed by atoms with Gasteiger partial charge >= 0.3 is 0 Å². The van der Waals surface area contributed by atoms with Crippen LogP contribution in [-0.2, 0) is 16.2 Å². The number of rotatable bonds is 8. The highest BCUT2D eigenvalue weighted by Crippen LogP contribution is 2.44. The van der Waals surface area contributed by atoms with Gasteiger partial charge in [0.05, 0.1) is 28.3 Å². The fourth-order valence-electron chi connectivity index (χ4n) is 5.08. The van der Waals surface area contributed by atoms with Crippen LogP contribution in [0.5, 0.6) is 5.75 Å². The third-order valence-corrected chi connectivity index (χ3v) is 8.37. The number of dihydropyridines is 1. The summed E-state index contributed by atoms with van der Waals surface area (Å²) in [5, 5.41) is 17.2. The van der Waals surface area contributed by atoms with Crippen LogP contribution in [0, 0.1) is 25.2 Å². The Labute approximate surface area is 239 Å². The molecule has 2 aliphatic rings. The van der Waals surface area contributed by atoms with Gasteiger partial charge in [0.2, 0.25) is 5.91 Å². The Kier molecular flexibility index (Phi) is 8.37. The van der Waals surface area contributed by atoms with Gasteiger partial charge in [-0.25, -0.2) is 0 Å². The van der Waals surface area contributed by atoms with E-state index in [4.69, 9.17) is 4.74 Å². The van der Waals surface area contributed by atoms with Crippen molar-refractivity contribution in [1.82, 2.24) is 5.32 Å². The standard InChI is InChI=1S/C33H31N3O3S/c1-21-8-6-11-27(22(21)2)35-30(38)20-40-33-26(18-34)31(32-28(36-33)12-7-13-29(32)37)24-14-16-25(17-15-24)39-19-23-9-4-3-5-10-23/h3-6,8-11,14-17,31,36H,7,12-13,19-20H2,1-2H3,(H,35,38). The lowest BCUT2D eigenvalue weighted by atomic mass is 9.77. The lowest BCUT2D eigenvalue weighted by Gasteiger charge is -2.33. The van der Waals surface area contributed by atoms with E-state index in [-0.39, 0.29) is 17.4 Å². The number of nitrogens with zero attached hydrogens (tertiary/aromatic N) is 1. The Morgan fingerprint density at radius 2 is 1.82 bits per heavy atom. The molecule has 40 heavy (non-hydrogen) atoms. The van der Waals surface area contributed by atoms with Crippen LogP contribution >= 0.6 is 11.8 Å². The van der Waals surface area contributed by atoms with Gasteiger partial charge in [-0.1, -0.05) is 66.4 Å². The van der Waals surface area contributed by atoms with Crippen molar-refractivity contribution in [2.45, 2.75) is 45.6 Å². The first-order chi connectivity index (χ1) is 19.4.